The van der Waals surface area contributed by atoms with Gasteiger partial charge in [-0.2, -0.15) is 5.10 Å². The largest absolute Gasteiger partial charge is 0.399 e. The van der Waals surface area contributed by atoms with Gasteiger partial charge in [-0.3, -0.25) is 4.68 Å². The number of anilines is 2. The fourth-order valence-electron chi connectivity index (χ4n) is 2.79. The highest BCUT2D eigenvalue weighted by molar-refractivity contribution is 5.61. The molecule has 4 nitrogen and oxygen atoms in total. The van der Waals surface area contributed by atoms with Crippen LogP contribution in [0.4, 0.5) is 11.4 Å². The second-order valence-corrected chi connectivity index (χ2v) is 5.25. The van der Waals surface area contributed by atoms with Gasteiger partial charge in [0.05, 0.1) is 6.20 Å². The zero-order valence-corrected chi connectivity index (χ0v) is 11.3. The third kappa shape index (κ3) is 2.57. The number of fused-ring (bicyclic) bond motifs is 1. The van der Waals surface area contributed by atoms with Crippen LogP contribution in [-0.4, -0.2) is 22.9 Å². The van der Waals surface area contributed by atoms with E-state index in [2.05, 4.69) is 28.3 Å². The third-order valence-electron chi connectivity index (χ3n) is 3.75. The monoisotopic (exact) mass is 256 g/mol. The van der Waals surface area contributed by atoms with Crippen LogP contribution >= 0.6 is 0 Å². The van der Waals surface area contributed by atoms with Gasteiger partial charge in [-0.15, -0.1) is 0 Å². The highest BCUT2D eigenvalue weighted by Gasteiger charge is 2.16. The number of nitrogens with zero attached hydrogens (tertiary/aromatic N) is 3. The maximum absolute atomic E-state index is 5.87. The summed E-state index contributed by atoms with van der Waals surface area (Å²) >= 11 is 0. The molecule has 0 bridgehead atoms. The van der Waals surface area contributed by atoms with E-state index < -0.39 is 0 Å². The predicted octanol–water partition coefficient (Wildman–Crippen LogP) is 2.00. The van der Waals surface area contributed by atoms with E-state index in [1.54, 1.807) is 0 Å². The summed E-state index contributed by atoms with van der Waals surface area (Å²) in [6.07, 6.45) is 7.44. The Bertz CT molecular complexity index is 573. The molecule has 0 atom stereocenters. The maximum Gasteiger partial charge on any atom is 0.0522 e. The first kappa shape index (κ1) is 12.1. The van der Waals surface area contributed by atoms with Crippen LogP contribution < -0.4 is 10.6 Å². The molecular formula is C15H20N4. The number of nitrogens with two attached hydrogens (primary N) is 1. The van der Waals surface area contributed by atoms with E-state index in [4.69, 9.17) is 5.73 Å². The van der Waals surface area contributed by atoms with Crippen molar-refractivity contribution in [3.05, 3.63) is 41.7 Å². The highest BCUT2D eigenvalue weighted by atomic mass is 15.2. The summed E-state index contributed by atoms with van der Waals surface area (Å²) in [5, 5.41) is 4.22. The fraction of sp³-hybridized carbons (Fsp3) is 0.400. The van der Waals surface area contributed by atoms with Crippen molar-refractivity contribution in [3.8, 4) is 0 Å². The summed E-state index contributed by atoms with van der Waals surface area (Å²) < 4.78 is 1.86. The summed E-state index contributed by atoms with van der Waals surface area (Å²) in [5.41, 5.74) is 10.8. The molecule has 3 rings (SSSR count). The Morgan fingerprint density at radius 3 is 3.05 bits per heavy atom. The van der Waals surface area contributed by atoms with Gasteiger partial charge in [-0.25, -0.2) is 0 Å². The summed E-state index contributed by atoms with van der Waals surface area (Å²) in [4.78, 5) is 2.46. The first-order valence-corrected chi connectivity index (χ1v) is 6.83. The molecule has 2 heterocycles. The lowest BCUT2D eigenvalue weighted by Crippen LogP contribution is -2.31. The maximum atomic E-state index is 5.87. The van der Waals surface area contributed by atoms with Gasteiger partial charge in [0.15, 0.2) is 0 Å². The average molecular weight is 256 g/mol. The molecule has 1 aromatic heterocycles. The fourth-order valence-corrected chi connectivity index (χ4v) is 2.79. The van der Waals surface area contributed by atoms with Crippen molar-refractivity contribution in [2.24, 2.45) is 7.05 Å². The van der Waals surface area contributed by atoms with Crippen LogP contribution in [0.2, 0.25) is 0 Å². The van der Waals surface area contributed by atoms with Crippen LogP contribution in [0.25, 0.3) is 0 Å². The van der Waals surface area contributed by atoms with Crippen LogP contribution in [0.5, 0.6) is 0 Å². The van der Waals surface area contributed by atoms with Crippen LogP contribution in [0.3, 0.4) is 0 Å². The van der Waals surface area contributed by atoms with E-state index >= 15 is 0 Å². The van der Waals surface area contributed by atoms with E-state index in [0.717, 1.165) is 31.6 Å². The Morgan fingerprint density at radius 2 is 2.26 bits per heavy atom. The first-order chi connectivity index (χ1) is 9.22. The highest BCUT2D eigenvalue weighted by Crippen LogP contribution is 2.28. The molecule has 0 unspecified atom stereocenters. The van der Waals surface area contributed by atoms with E-state index in [1.807, 2.05) is 24.0 Å². The standard InChI is InChI=1S/C15H20N4/c1-18-11-12(10-17-18)6-8-19-7-2-3-13-9-14(16)4-5-15(13)19/h4-5,9-11H,2-3,6-8,16H2,1H3. The van der Waals surface area contributed by atoms with Crippen molar-refractivity contribution in [1.29, 1.82) is 0 Å². The zero-order chi connectivity index (χ0) is 13.2. The van der Waals surface area contributed by atoms with Crippen molar-refractivity contribution in [3.63, 3.8) is 0 Å². The summed E-state index contributed by atoms with van der Waals surface area (Å²) in [6, 6.07) is 6.28. The molecule has 1 aliphatic heterocycles. The number of hydrogen-bond acceptors (Lipinski definition) is 3. The molecule has 1 aliphatic rings. The van der Waals surface area contributed by atoms with Gasteiger partial charge in [-0.1, -0.05) is 0 Å². The summed E-state index contributed by atoms with van der Waals surface area (Å²) in [6.45, 7) is 2.18. The number of aryl methyl sites for hydroxylation is 2. The van der Waals surface area contributed by atoms with Gasteiger partial charge in [0.2, 0.25) is 0 Å². The van der Waals surface area contributed by atoms with E-state index in [0.29, 0.717) is 0 Å². The Morgan fingerprint density at radius 1 is 1.37 bits per heavy atom. The third-order valence-corrected chi connectivity index (χ3v) is 3.75. The topological polar surface area (TPSA) is 47.1 Å². The molecule has 1 aromatic carbocycles. The summed E-state index contributed by atoms with van der Waals surface area (Å²) in [5.74, 6) is 0. The van der Waals surface area contributed by atoms with Gasteiger partial charge < -0.3 is 10.6 Å². The molecule has 4 heteroatoms. The Kier molecular flexibility index (Phi) is 3.15. The van der Waals surface area contributed by atoms with Gasteiger partial charge in [0.25, 0.3) is 0 Å². The number of nitrogen functional groups attached to an aromatic ring is 1. The molecule has 2 aromatic rings. The molecule has 0 aliphatic carbocycles. The molecular weight excluding hydrogens is 236 g/mol. The number of benzene rings is 1. The SMILES string of the molecule is Cn1cc(CCN2CCCc3cc(N)ccc32)cn1. The van der Waals surface area contributed by atoms with Crippen LogP contribution in [0, 0.1) is 0 Å². The molecule has 19 heavy (non-hydrogen) atoms. The normalized spacial score (nSPS) is 14.5. The number of aromatic nitrogens is 2. The van der Waals surface area contributed by atoms with E-state index in [9.17, 15) is 0 Å². The van der Waals surface area contributed by atoms with Gasteiger partial charge in [0, 0.05) is 37.7 Å². The minimum Gasteiger partial charge on any atom is -0.399 e. The minimum atomic E-state index is 0.868. The first-order valence-electron chi connectivity index (χ1n) is 6.83. The van der Waals surface area contributed by atoms with E-state index in [-0.39, 0.29) is 0 Å². The average Bonchev–Trinajstić information content (AvgIpc) is 2.81. The smallest absolute Gasteiger partial charge is 0.0522 e. The number of hydrogen-bond donors (Lipinski definition) is 1. The van der Waals surface area contributed by atoms with Gasteiger partial charge >= 0.3 is 0 Å². The predicted molar refractivity (Wildman–Crippen MR) is 78.3 cm³/mol. The van der Waals surface area contributed by atoms with Gasteiger partial charge in [0.1, 0.15) is 0 Å². The molecule has 0 radical (unpaired) electrons. The van der Waals surface area contributed by atoms with Crippen molar-refractivity contribution >= 4 is 11.4 Å². The second kappa shape index (κ2) is 4.96. The summed E-state index contributed by atoms with van der Waals surface area (Å²) in [7, 11) is 1.96. The van der Waals surface area contributed by atoms with Crippen LogP contribution in [-0.2, 0) is 19.9 Å². The molecule has 100 valence electrons. The quantitative estimate of drug-likeness (QED) is 0.854. The lowest BCUT2D eigenvalue weighted by molar-refractivity contribution is 0.687. The number of rotatable bonds is 3. The molecule has 0 saturated carbocycles. The van der Waals surface area contributed by atoms with Crippen LogP contribution in [0.1, 0.15) is 17.5 Å². The molecule has 0 amide bonds. The Hall–Kier alpha value is -1.97. The zero-order valence-electron chi connectivity index (χ0n) is 11.3. The molecule has 0 fully saturated rings. The molecule has 2 N–H and O–H groups in total. The van der Waals surface area contributed by atoms with Crippen molar-refractivity contribution in [2.75, 3.05) is 23.7 Å². The van der Waals surface area contributed by atoms with Crippen molar-refractivity contribution in [2.45, 2.75) is 19.3 Å². The lowest BCUT2D eigenvalue weighted by atomic mass is 10.0. The van der Waals surface area contributed by atoms with Crippen LogP contribution in [0.15, 0.2) is 30.6 Å². The van der Waals surface area contributed by atoms with E-state index in [1.165, 1.54) is 23.2 Å². The van der Waals surface area contributed by atoms with Crippen molar-refractivity contribution < 1.29 is 0 Å². The lowest BCUT2D eigenvalue weighted by Gasteiger charge is -2.31. The molecule has 0 saturated heterocycles. The molecule has 0 spiro atoms. The van der Waals surface area contributed by atoms with Gasteiger partial charge in [-0.05, 0) is 48.6 Å². The van der Waals surface area contributed by atoms with Crippen molar-refractivity contribution in [1.82, 2.24) is 9.78 Å². The Balaban J connectivity index is 1.73. The minimum absolute atomic E-state index is 0.868. The second-order valence-electron chi connectivity index (χ2n) is 5.25. The Labute approximate surface area is 113 Å².